The lowest BCUT2D eigenvalue weighted by molar-refractivity contribution is -0.255. The number of fused-ring (bicyclic) bond motifs is 2. The number of aliphatic hydroxyl groups is 2. The second kappa shape index (κ2) is 23.3. The Bertz CT molecular complexity index is 2100. The highest BCUT2D eigenvalue weighted by molar-refractivity contribution is 6.03. The minimum atomic E-state index is -1.45. The maximum atomic E-state index is 14.6. The van der Waals surface area contributed by atoms with Crippen LogP contribution in [-0.2, 0) is 25.7 Å². The molecule has 0 saturated heterocycles. The van der Waals surface area contributed by atoms with Crippen LogP contribution in [0.1, 0.15) is 106 Å². The smallest absolute Gasteiger partial charge is 0.410 e. The Morgan fingerprint density at radius 2 is 1.72 bits per heavy atom. The number of carbonyl (C=O) groups excluding carboxylic acids is 2. The number of aldehydes is 1. The average Bonchev–Trinajstić information content (AvgIpc) is 3.30. The molecule has 0 aromatic heterocycles. The largest absolute Gasteiger partial charge is 0.496 e. The van der Waals surface area contributed by atoms with Gasteiger partial charge in [0.2, 0.25) is 5.79 Å². The lowest BCUT2D eigenvalue weighted by Crippen LogP contribution is -2.70. The van der Waals surface area contributed by atoms with Gasteiger partial charge >= 0.3 is 6.09 Å². The SMILES string of the molecule is C=CCOC12Oc3ccc(Oc4ccc(OC)c(C=O)c4)cc3C3C(CCCCO)C(CCCCO)C=C(C(=NOC(C)(C)C)CC1N(CCC)C(=O)OCCOCc1ccccc1)C32. The van der Waals surface area contributed by atoms with E-state index in [1.54, 1.807) is 29.2 Å². The van der Waals surface area contributed by atoms with Crippen LogP contribution < -0.4 is 14.2 Å². The van der Waals surface area contributed by atoms with E-state index in [2.05, 4.69) is 12.7 Å². The first kappa shape index (κ1) is 49.2. The molecule has 6 rings (SSSR count). The number of ether oxygens (including phenoxy) is 6. The maximum Gasteiger partial charge on any atom is 0.410 e. The summed E-state index contributed by atoms with van der Waals surface area (Å²) in [6.45, 7) is 13.2. The summed E-state index contributed by atoms with van der Waals surface area (Å²) in [5.74, 6) is -0.128. The Morgan fingerprint density at radius 3 is 2.42 bits per heavy atom. The molecule has 1 aliphatic heterocycles. The molecule has 0 bridgehead atoms. The van der Waals surface area contributed by atoms with Gasteiger partial charge in [0.1, 0.15) is 41.2 Å². The van der Waals surface area contributed by atoms with Gasteiger partial charge in [-0.15, -0.1) is 6.58 Å². The molecule has 3 aliphatic rings. The normalized spacial score (nSPS) is 22.7. The zero-order valence-electron chi connectivity index (χ0n) is 38.7. The molecule has 0 spiro atoms. The molecular weight excluding hydrogens is 829 g/mol. The van der Waals surface area contributed by atoms with Crippen molar-refractivity contribution in [1.82, 2.24) is 4.90 Å². The maximum absolute atomic E-state index is 14.6. The number of nitrogens with zero attached hydrogens (tertiary/aromatic N) is 2. The zero-order valence-corrected chi connectivity index (χ0v) is 38.7. The van der Waals surface area contributed by atoms with Crippen LogP contribution in [0.4, 0.5) is 4.79 Å². The van der Waals surface area contributed by atoms with Crippen LogP contribution in [0, 0.1) is 17.8 Å². The molecule has 3 aromatic rings. The number of amides is 1. The Morgan fingerprint density at radius 1 is 0.985 bits per heavy atom. The molecule has 3 aromatic carbocycles. The molecule has 6 unspecified atom stereocenters. The summed E-state index contributed by atoms with van der Waals surface area (Å²) in [7, 11) is 1.51. The number of hydrogen-bond donors (Lipinski definition) is 2. The number of oxime groups is 1. The van der Waals surface area contributed by atoms with Crippen molar-refractivity contribution in [3.05, 3.63) is 108 Å². The van der Waals surface area contributed by atoms with E-state index >= 15 is 0 Å². The lowest BCUT2D eigenvalue weighted by atomic mass is 9.55. The van der Waals surface area contributed by atoms with E-state index in [9.17, 15) is 19.8 Å². The van der Waals surface area contributed by atoms with Gasteiger partial charge in [-0.1, -0.05) is 67.4 Å². The summed E-state index contributed by atoms with van der Waals surface area (Å²) in [6.07, 6.45) is 9.55. The van der Waals surface area contributed by atoms with Crippen LogP contribution in [0.5, 0.6) is 23.0 Å². The third kappa shape index (κ3) is 12.0. The van der Waals surface area contributed by atoms with Gasteiger partial charge in [0.05, 0.1) is 44.1 Å². The molecule has 65 heavy (non-hydrogen) atoms. The number of rotatable bonds is 24. The summed E-state index contributed by atoms with van der Waals surface area (Å²) in [5, 5.41) is 24.8. The van der Waals surface area contributed by atoms with Crippen LogP contribution in [0.3, 0.4) is 0 Å². The standard InChI is InChI=1S/C52H68N2O11/c1-7-24-54(50(58)61-29-28-60-35-36-16-10-9-11-17-36)47-33-44(53-65-51(3,4)5)42-31-37(18-12-14-25-55)41(19-13-15-26-56)48-43-32-40(63-39-20-22-45(59-6)38(30-39)34-57)21-23-46(43)64-52(47,49(42)48)62-27-8-2/h8-11,16-17,20-23,30-32,34,37,41,47-49,55-56H,2,7,12-15,18-19,24-29,33,35H2,1,3-6H3. The monoisotopic (exact) mass is 896 g/mol. The molecule has 2 N–H and O–H groups in total. The van der Waals surface area contributed by atoms with Gasteiger partial charge in [0, 0.05) is 37.7 Å². The average molecular weight is 897 g/mol. The van der Waals surface area contributed by atoms with Crippen molar-refractivity contribution < 1.29 is 53.1 Å². The van der Waals surface area contributed by atoms with Gasteiger partial charge in [-0.05, 0) is 112 Å². The van der Waals surface area contributed by atoms with E-state index in [1.807, 2.05) is 76.2 Å². The summed E-state index contributed by atoms with van der Waals surface area (Å²) in [6, 6.07) is 19.9. The number of unbranched alkanes of at least 4 members (excludes halogenated alkanes) is 2. The highest BCUT2D eigenvalue weighted by Gasteiger charge is 2.65. The van der Waals surface area contributed by atoms with Crippen molar-refractivity contribution in [3.8, 4) is 23.0 Å². The van der Waals surface area contributed by atoms with Gasteiger partial charge in [0.15, 0.2) is 6.29 Å². The fourth-order valence-electron chi connectivity index (χ4n) is 9.56. The molecule has 1 amide bonds. The predicted octanol–water partition coefficient (Wildman–Crippen LogP) is 9.80. The Balaban J connectivity index is 1.50. The second-order valence-corrected chi connectivity index (χ2v) is 17.9. The molecule has 2 aliphatic carbocycles. The highest BCUT2D eigenvalue weighted by Crippen LogP contribution is 2.62. The summed E-state index contributed by atoms with van der Waals surface area (Å²) in [5.41, 5.74) is 3.29. The third-order valence-corrected chi connectivity index (χ3v) is 12.3. The van der Waals surface area contributed by atoms with Gasteiger partial charge in [-0.3, -0.25) is 9.69 Å². The first-order valence-electron chi connectivity index (χ1n) is 23.1. The number of benzene rings is 3. The van der Waals surface area contributed by atoms with Crippen LogP contribution >= 0.6 is 0 Å². The van der Waals surface area contributed by atoms with Gasteiger partial charge in [0.25, 0.3) is 0 Å². The molecule has 352 valence electrons. The Labute approximate surface area is 384 Å². The first-order valence-corrected chi connectivity index (χ1v) is 23.1. The fourth-order valence-corrected chi connectivity index (χ4v) is 9.56. The van der Waals surface area contributed by atoms with E-state index in [0.717, 1.165) is 48.7 Å². The van der Waals surface area contributed by atoms with Crippen molar-refractivity contribution in [1.29, 1.82) is 0 Å². The topological polar surface area (TPSA) is 155 Å². The molecule has 1 fully saturated rings. The first-order chi connectivity index (χ1) is 31.5. The minimum Gasteiger partial charge on any atom is -0.496 e. The zero-order chi connectivity index (χ0) is 46.4. The van der Waals surface area contributed by atoms with Crippen molar-refractivity contribution in [2.75, 3.05) is 46.7 Å². The quantitative estimate of drug-likeness (QED) is 0.0382. The van der Waals surface area contributed by atoms with Crippen LogP contribution in [0.25, 0.3) is 0 Å². The van der Waals surface area contributed by atoms with Crippen molar-refractivity contribution in [2.45, 2.75) is 109 Å². The fraction of sp³-hybridized carbons (Fsp3) is 0.519. The highest BCUT2D eigenvalue weighted by atomic mass is 16.7. The molecule has 1 heterocycles. The second-order valence-electron chi connectivity index (χ2n) is 17.9. The van der Waals surface area contributed by atoms with Crippen molar-refractivity contribution in [2.24, 2.45) is 22.9 Å². The van der Waals surface area contributed by atoms with E-state index in [4.69, 9.17) is 38.4 Å². The van der Waals surface area contributed by atoms with Crippen molar-refractivity contribution in [3.63, 3.8) is 0 Å². The number of carbonyl (C=O) groups is 2. The minimum absolute atomic E-state index is 0.0122. The summed E-state index contributed by atoms with van der Waals surface area (Å²) in [4.78, 5) is 34.5. The molecule has 13 nitrogen and oxygen atoms in total. The van der Waals surface area contributed by atoms with E-state index < -0.39 is 29.4 Å². The third-order valence-electron chi connectivity index (χ3n) is 12.3. The van der Waals surface area contributed by atoms with Gasteiger partial charge in [-0.2, -0.15) is 0 Å². The van der Waals surface area contributed by atoms with Crippen LogP contribution in [-0.4, -0.2) is 97.3 Å². The molecular formula is C52H68N2O11. The molecule has 13 heteroatoms. The number of methoxy groups -OCH3 is 1. The van der Waals surface area contributed by atoms with Gasteiger partial charge in [-0.25, -0.2) is 4.79 Å². The molecule has 1 saturated carbocycles. The Hall–Kier alpha value is -5.21. The molecule has 0 radical (unpaired) electrons. The van der Waals surface area contributed by atoms with Gasteiger partial charge < -0.3 is 43.5 Å². The van der Waals surface area contributed by atoms with Crippen molar-refractivity contribution >= 4 is 18.1 Å². The van der Waals surface area contributed by atoms with E-state index in [0.29, 0.717) is 66.7 Å². The summed E-state index contributed by atoms with van der Waals surface area (Å²) < 4.78 is 38.2. The number of allylic oxidation sites excluding steroid dienone is 1. The van der Waals surface area contributed by atoms with E-state index in [1.165, 1.54) is 7.11 Å². The molecule has 6 atom stereocenters. The Kier molecular flexibility index (Phi) is 17.6. The lowest BCUT2D eigenvalue weighted by Gasteiger charge is -2.60. The van der Waals surface area contributed by atoms with Crippen LogP contribution in [0.15, 0.2) is 96.2 Å². The van der Waals surface area contributed by atoms with E-state index in [-0.39, 0.29) is 57.2 Å². The summed E-state index contributed by atoms with van der Waals surface area (Å²) >= 11 is 0. The van der Waals surface area contributed by atoms with Crippen LogP contribution in [0.2, 0.25) is 0 Å². The number of aliphatic hydroxyl groups excluding tert-OH is 2. The predicted molar refractivity (Wildman–Crippen MR) is 249 cm³/mol. The number of hydrogen-bond acceptors (Lipinski definition) is 12.